The van der Waals surface area contributed by atoms with Crippen LogP contribution in [-0.2, 0) is 11.2 Å². The molecule has 1 amide bonds. The number of aromatic nitrogens is 1. The van der Waals surface area contributed by atoms with Gasteiger partial charge in [0.2, 0.25) is 5.91 Å². The topological polar surface area (TPSA) is 68.3 Å². The molecule has 22 heavy (non-hydrogen) atoms. The summed E-state index contributed by atoms with van der Waals surface area (Å²) in [4.78, 5) is 25.3. The van der Waals surface area contributed by atoms with E-state index < -0.39 is 29.5 Å². The van der Waals surface area contributed by atoms with Crippen LogP contribution in [0, 0.1) is 5.82 Å². The average Bonchev–Trinajstić information content (AvgIpc) is 2.43. The van der Waals surface area contributed by atoms with Gasteiger partial charge in [0.15, 0.2) is 5.82 Å². The minimum Gasteiger partial charge on any atom is -0.368 e. The first-order valence-electron chi connectivity index (χ1n) is 7.48. The SMILES string of the molecule is CCCC(C(N)=O)n1cc(CCN2CC(F)C2)cc(F)c1=O. The predicted octanol–water partition coefficient (Wildman–Crippen LogP) is 1.01. The second-order valence-corrected chi connectivity index (χ2v) is 5.72. The van der Waals surface area contributed by atoms with Crippen LogP contribution in [0.1, 0.15) is 31.4 Å². The minimum atomic E-state index is -0.896. The molecule has 0 aromatic carbocycles. The van der Waals surface area contributed by atoms with Gasteiger partial charge in [0, 0.05) is 25.8 Å². The van der Waals surface area contributed by atoms with Crippen molar-refractivity contribution in [2.24, 2.45) is 5.73 Å². The number of halogens is 2. The van der Waals surface area contributed by atoms with Crippen LogP contribution in [0.3, 0.4) is 0 Å². The van der Waals surface area contributed by atoms with E-state index in [1.807, 2.05) is 11.8 Å². The maximum absolute atomic E-state index is 13.8. The highest BCUT2D eigenvalue weighted by Gasteiger charge is 2.26. The first-order valence-corrected chi connectivity index (χ1v) is 7.48. The molecule has 2 heterocycles. The van der Waals surface area contributed by atoms with Crippen LogP contribution in [0.5, 0.6) is 0 Å². The number of amides is 1. The Labute approximate surface area is 127 Å². The van der Waals surface area contributed by atoms with Crippen molar-refractivity contribution in [2.75, 3.05) is 19.6 Å². The van der Waals surface area contributed by atoms with Crippen LogP contribution >= 0.6 is 0 Å². The van der Waals surface area contributed by atoms with Crippen molar-refractivity contribution in [3.8, 4) is 0 Å². The Kier molecular flexibility index (Phi) is 5.28. The van der Waals surface area contributed by atoms with Crippen LogP contribution in [0.4, 0.5) is 8.78 Å². The maximum Gasteiger partial charge on any atom is 0.287 e. The monoisotopic (exact) mass is 313 g/mol. The molecule has 1 atom stereocenters. The molecule has 5 nitrogen and oxygen atoms in total. The fraction of sp³-hybridized carbons (Fsp3) is 0.600. The second kappa shape index (κ2) is 7.00. The van der Waals surface area contributed by atoms with Gasteiger partial charge in [-0.2, -0.15) is 0 Å². The summed E-state index contributed by atoms with van der Waals surface area (Å²) in [6.07, 6.45) is 2.23. The molecule has 7 heteroatoms. The molecular weight excluding hydrogens is 292 g/mol. The molecule has 0 saturated carbocycles. The van der Waals surface area contributed by atoms with Crippen molar-refractivity contribution < 1.29 is 13.6 Å². The van der Waals surface area contributed by atoms with Gasteiger partial charge in [-0.15, -0.1) is 0 Å². The van der Waals surface area contributed by atoms with Gasteiger partial charge in [-0.25, -0.2) is 8.78 Å². The Morgan fingerprint density at radius 2 is 2.18 bits per heavy atom. The van der Waals surface area contributed by atoms with Gasteiger partial charge in [0.1, 0.15) is 12.2 Å². The van der Waals surface area contributed by atoms with Gasteiger partial charge in [0.05, 0.1) is 0 Å². The van der Waals surface area contributed by atoms with Crippen LogP contribution in [0.2, 0.25) is 0 Å². The van der Waals surface area contributed by atoms with Crippen LogP contribution in [0.15, 0.2) is 17.1 Å². The number of likely N-dealkylation sites (tertiary alicyclic amines) is 1. The van der Waals surface area contributed by atoms with Crippen molar-refractivity contribution in [1.82, 2.24) is 9.47 Å². The van der Waals surface area contributed by atoms with Crippen LogP contribution in [0.25, 0.3) is 0 Å². The molecule has 1 unspecified atom stereocenters. The number of rotatable bonds is 7. The Balaban J connectivity index is 2.18. The van der Waals surface area contributed by atoms with E-state index in [9.17, 15) is 18.4 Å². The summed E-state index contributed by atoms with van der Waals surface area (Å²) in [7, 11) is 0. The largest absolute Gasteiger partial charge is 0.368 e. The van der Waals surface area contributed by atoms with E-state index >= 15 is 0 Å². The third-order valence-electron chi connectivity index (χ3n) is 3.91. The van der Waals surface area contributed by atoms with Gasteiger partial charge in [-0.3, -0.25) is 14.5 Å². The molecule has 2 rings (SSSR count). The number of nitrogens with two attached hydrogens (primary N) is 1. The highest BCUT2D eigenvalue weighted by Crippen LogP contribution is 2.15. The first-order chi connectivity index (χ1) is 10.4. The summed E-state index contributed by atoms with van der Waals surface area (Å²) in [6.45, 7) is 3.23. The Morgan fingerprint density at radius 3 is 2.73 bits per heavy atom. The third kappa shape index (κ3) is 3.71. The fourth-order valence-electron chi connectivity index (χ4n) is 2.66. The molecule has 2 N–H and O–H groups in total. The summed E-state index contributed by atoms with van der Waals surface area (Å²) in [5, 5.41) is 0. The summed E-state index contributed by atoms with van der Waals surface area (Å²) in [5.41, 5.74) is 5.08. The average molecular weight is 313 g/mol. The summed E-state index contributed by atoms with van der Waals surface area (Å²) in [5.74, 6) is -1.55. The highest BCUT2D eigenvalue weighted by atomic mass is 19.1. The molecule has 122 valence electrons. The second-order valence-electron chi connectivity index (χ2n) is 5.72. The highest BCUT2D eigenvalue weighted by molar-refractivity contribution is 5.78. The van der Waals surface area contributed by atoms with Gasteiger partial charge in [0.25, 0.3) is 5.56 Å². The molecule has 1 aliphatic rings. The Hall–Kier alpha value is -1.76. The normalized spacial score (nSPS) is 17.2. The van der Waals surface area contributed by atoms with E-state index in [2.05, 4.69) is 0 Å². The Bertz CT molecular complexity index is 597. The zero-order valence-corrected chi connectivity index (χ0v) is 12.6. The minimum absolute atomic E-state index is 0.383. The number of alkyl halides is 1. The standard InChI is InChI=1S/C15H21F2N3O2/c1-2-3-13(14(18)21)20-7-10(6-12(17)15(20)22)4-5-19-8-11(16)9-19/h6-7,11,13H,2-5,8-9H2,1H3,(H2,18,21). The van der Waals surface area contributed by atoms with E-state index in [1.54, 1.807) is 0 Å². The molecule has 1 aromatic heterocycles. The number of pyridine rings is 1. The van der Waals surface area contributed by atoms with Crippen molar-refractivity contribution in [1.29, 1.82) is 0 Å². The van der Waals surface area contributed by atoms with Crippen LogP contribution < -0.4 is 11.3 Å². The van der Waals surface area contributed by atoms with Gasteiger partial charge < -0.3 is 10.3 Å². The molecule has 0 radical (unpaired) electrons. The summed E-state index contributed by atoms with van der Waals surface area (Å²) < 4.78 is 27.7. The lowest BCUT2D eigenvalue weighted by atomic mass is 10.1. The Morgan fingerprint density at radius 1 is 1.50 bits per heavy atom. The fourth-order valence-corrected chi connectivity index (χ4v) is 2.66. The molecule has 1 aromatic rings. The third-order valence-corrected chi connectivity index (χ3v) is 3.91. The van der Waals surface area contributed by atoms with Gasteiger partial charge in [-0.05, 0) is 24.5 Å². The number of carbonyl (C=O) groups excluding carboxylic acids is 1. The summed E-state index contributed by atoms with van der Waals surface area (Å²) in [6, 6.07) is 0.335. The molecule has 1 aliphatic heterocycles. The lowest BCUT2D eigenvalue weighted by molar-refractivity contribution is -0.121. The zero-order valence-electron chi connectivity index (χ0n) is 12.6. The molecule has 1 saturated heterocycles. The molecule has 0 bridgehead atoms. The van der Waals surface area contributed by atoms with E-state index in [0.29, 0.717) is 44.5 Å². The lowest BCUT2D eigenvalue weighted by Crippen LogP contribution is -2.49. The van der Waals surface area contributed by atoms with Crippen molar-refractivity contribution in [2.45, 2.75) is 38.4 Å². The maximum atomic E-state index is 13.8. The number of hydrogen-bond donors (Lipinski definition) is 1. The smallest absolute Gasteiger partial charge is 0.287 e. The number of primary amides is 1. The predicted molar refractivity (Wildman–Crippen MR) is 78.8 cm³/mol. The van der Waals surface area contributed by atoms with Crippen molar-refractivity contribution in [3.63, 3.8) is 0 Å². The first kappa shape index (κ1) is 16.6. The number of nitrogens with zero attached hydrogens (tertiary/aromatic N) is 2. The van der Waals surface area contributed by atoms with E-state index in [4.69, 9.17) is 5.73 Å². The lowest BCUT2D eigenvalue weighted by Gasteiger charge is -2.34. The zero-order chi connectivity index (χ0) is 16.3. The van der Waals surface area contributed by atoms with Crippen molar-refractivity contribution >= 4 is 5.91 Å². The number of carbonyl (C=O) groups is 1. The molecule has 0 aliphatic carbocycles. The quantitative estimate of drug-likeness (QED) is 0.817. The van der Waals surface area contributed by atoms with E-state index in [0.717, 1.165) is 4.57 Å². The van der Waals surface area contributed by atoms with Gasteiger partial charge >= 0.3 is 0 Å². The molecule has 0 spiro atoms. The van der Waals surface area contributed by atoms with Gasteiger partial charge in [-0.1, -0.05) is 13.3 Å². The van der Waals surface area contributed by atoms with E-state index in [1.165, 1.54) is 12.3 Å². The number of hydrogen-bond acceptors (Lipinski definition) is 3. The summed E-state index contributed by atoms with van der Waals surface area (Å²) >= 11 is 0. The van der Waals surface area contributed by atoms with Crippen molar-refractivity contribution in [3.05, 3.63) is 34.0 Å². The molecular formula is C15H21F2N3O2. The van der Waals surface area contributed by atoms with Crippen LogP contribution in [-0.4, -0.2) is 41.2 Å². The van der Waals surface area contributed by atoms with E-state index in [-0.39, 0.29) is 0 Å². The molecule has 1 fully saturated rings.